The van der Waals surface area contributed by atoms with E-state index in [1.807, 2.05) is 36.4 Å². The van der Waals surface area contributed by atoms with Crippen LogP contribution in [0.4, 0.5) is 10.1 Å². The maximum Gasteiger partial charge on any atom is 0.261 e. The van der Waals surface area contributed by atoms with Crippen LogP contribution in [0.15, 0.2) is 114 Å². The van der Waals surface area contributed by atoms with Crippen molar-refractivity contribution in [2.24, 2.45) is 0 Å². The highest BCUT2D eigenvalue weighted by Gasteiger charge is 2.31. The number of ether oxygens (including phenoxy) is 2. The summed E-state index contributed by atoms with van der Waals surface area (Å²) in [4.78, 5) is 28.5. The average molecular weight is 606 g/mol. The number of halogens is 1. The zero-order chi connectivity index (χ0) is 30.7. The van der Waals surface area contributed by atoms with Gasteiger partial charge in [0, 0.05) is 25.9 Å². The van der Waals surface area contributed by atoms with Crippen molar-refractivity contribution in [3.8, 4) is 5.75 Å². The lowest BCUT2D eigenvalue weighted by Gasteiger charge is -2.31. The molecule has 0 spiro atoms. The number of nitrogens with zero attached hydrogens (tertiary/aromatic N) is 1. The Balaban J connectivity index is 1.52. The van der Waals surface area contributed by atoms with Gasteiger partial charge in [0.25, 0.3) is 15.9 Å². The SMILES string of the molecule is COCCNC(=O)[C@@H](c1ccccc1)N(Cc1ccccc1)C(=O)COc1ccc(S(=O)(=O)Nc2ccc(F)cc2)cc1. The monoisotopic (exact) mass is 605 g/mol. The molecule has 4 aromatic carbocycles. The highest BCUT2D eigenvalue weighted by atomic mass is 32.2. The molecule has 0 aliphatic carbocycles. The first-order chi connectivity index (χ1) is 20.8. The van der Waals surface area contributed by atoms with Gasteiger partial charge in [0.2, 0.25) is 5.91 Å². The number of hydrogen-bond acceptors (Lipinski definition) is 6. The van der Waals surface area contributed by atoms with Crippen LogP contribution >= 0.6 is 0 Å². The lowest BCUT2D eigenvalue weighted by atomic mass is 10.0. The van der Waals surface area contributed by atoms with Crippen LogP contribution in [0, 0.1) is 5.82 Å². The summed E-state index contributed by atoms with van der Waals surface area (Å²) in [6.45, 7) is 0.329. The summed E-state index contributed by atoms with van der Waals surface area (Å²) in [6.07, 6.45) is 0. The molecule has 11 heteroatoms. The van der Waals surface area contributed by atoms with Crippen molar-refractivity contribution in [1.82, 2.24) is 10.2 Å². The average Bonchev–Trinajstić information content (AvgIpc) is 3.02. The summed E-state index contributed by atoms with van der Waals surface area (Å²) in [5, 5.41) is 2.84. The Labute approximate surface area is 250 Å². The summed E-state index contributed by atoms with van der Waals surface area (Å²) in [5.74, 6) is -1.04. The number of carbonyl (C=O) groups excluding carboxylic acids is 2. The van der Waals surface area contributed by atoms with Gasteiger partial charge >= 0.3 is 0 Å². The van der Waals surface area contributed by atoms with E-state index < -0.39 is 34.4 Å². The van der Waals surface area contributed by atoms with Crippen molar-refractivity contribution in [2.45, 2.75) is 17.5 Å². The van der Waals surface area contributed by atoms with Gasteiger partial charge in [-0.05, 0) is 59.7 Å². The Hall–Kier alpha value is -4.74. The van der Waals surface area contributed by atoms with Gasteiger partial charge in [0.15, 0.2) is 6.61 Å². The van der Waals surface area contributed by atoms with E-state index in [1.165, 1.54) is 48.4 Å². The van der Waals surface area contributed by atoms with Crippen LogP contribution in [0.1, 0.15) is 17.2 Å². The maximum atomic E-state index is 13.7. The number of benzene rings is 4. The Morgan fingerprint density at radius 2 is 1.49 bits per heavy atom. The highest BCUT2D eigenvalue weighted by Crippen LogP contribution is 2.25. The lowest BCUT2D eigenvalue weighted by molar-refractivity contribution is -0.143. The highest BCUT2D eigenvalue weighted by molar-refractivity contribution is 7.92. The minimum absolute atomic E-state index is 0.0434. The predicted molar refractivity (Wildman–Crippen MR) is 160 cm³/mol. The molecule has 4 aromatic rings. The first-order valence-electron chi connectivity index (χ1n) is 13.4. The Morgan fingerprint density at radius 3 is 2.12 bits per heavy atom. The number of carbonyl (C=O) groups is 2. The van der Waals surface area contributed by atoms with E-state index in [1.54, 1.807) is 24.3 Å². The molecule has 2 N–H and O–H groups in total. The number of sulfonamides is 1. The summed E-state index contributed by atoms with van der Waals surface area (Å²) in [6, 6.07) is 27.8. The van der Waals surface area contributed by atoms with Gasteiger partial charge in [0.1, 0.15) is 17.6 Å². The third-order valence-corrected chi connectivity index (χ3v) is 7.79. The third-order valence-electron chi connectivity index (χ3n) is 6.39. The summed E-state index contributed by atoms with van der Waals surface area (Å²) < 4.78 is 51.8. The summed E-state index contributed by atoms with van der Waals surface area (Å²) in [5.41, 5.74) is 1.67. The number of rotatable bonds is 14. The minimum Gasteiger partial charge on any atom is -0.484 e. The lowest BCUT2D eigenvalue weighted by Crippen LogP contribution is -2.45. The van der Waals surface area contributed by atoms with Gasteiger partial charge in [-0.2, -0.15) is 0 Å². The van der Waals surface area contributed by atoms with Crippen molar-refractivity contribution in [1.29, 1.82) is 0 Å². The first kappa shape index (κ1) is 31.2. The van der Waals surface area contributed by atoms with Gasteiger partial charge in [-0.3, -0.25) is 14.3 Å². The Bertz CT molecular complexity index is 1590. The molecule has 43 heavy (non-hydrogen) atoms. The van der Waals surface area contributed by atoms with Crippen LogP contribution < -0.4 is 14.8 Å². The Morgan fingerprint density at radius 1 is 0.860 bits per heavy atom. The smallest absolute Gasteiger partial charge is 0.261 e. The maximum absolute atomic E-state index is 13.7. The molecule has 0 saturated carbocycles. The molecule has 0 aliphatic heterocycles. The molecule has 0 unspecified atom stereocenters. The van der Waals surface area contributed by atoms with Crippen molar-refractivity contribution >= 4 is 27.5 Å². The Kier molecular flexibility index (Phi) is 10.8. The van der Waals surface area contributed by atoms with Gasteiger partial charge in [0.05, 0.1) is 11.5 Å². The van der Waals surface area contributed by atoms with Crippen LogP contribution in [-0.2, 0) is 30.9 Å². The van der Waals surface area contributed by atoms with Gasteiger partial charge in [-0.15, -0.1) is 0 Å². The van der Waals surface area contributed by atoms with Gasteiger partial charge < -0.3 is 19.7 Å². The van der Waals surface area contributed by atoms with Crippen molar-refractivity contribution in [2.75, 3.05) is 31.6 Å². The van der Waals surface area contributed by atoms with E-state index in [-0.39, 0.29) is 35.3 Å². The number of methoxy groups -OCH3 is 1. The molecule has 1 atom stereocenters. The van der Waals surface area contributed by atoms with Crippen LogP contribution in [0.2, 0.25) is 0 Å². The molecule has 0 saturated heterocycles. The fourth-order valence-electron chi connectivity index (χ4n) is 4.26. The van der Waals surface area contributed by atoms with E-state index in [9.17, 15) is 22.4 Å². The number of nitrogens with one attached hydrogen (secondary N) is 2. The summed E-state index contributed by atoms with van der Waals surface area (Å²) >= 11 is 0. The molecule has 2 amide bonds. The van der Waals surface area contributed by atoms with E-state index in [2.05, 4.69) is 10.0 Å². The van der Waals surface area contributed by atoms with Crippen molar-refractivity contribution in [3.05, 3.63) is 126 Å². The quantitative estimate of drug-likeness (QED) is 0.204. The number of hydrogen-bond donors (Lipinski definition) is 2. The molecule has 9 nitrogen and oxygen atoms in total. The van der Waals surface area contributed by atoms with E-state index in [4.69, 9.17) is 9.47 Å². The second-order valence-corrected chi connectivity index (χ2v) is 11.2. The molecule has 224 valence electrons. The topological polar surface area (TPSA) is 114 Å². The molecule has 0 heterocycles. The second kappa shape index (κ2) is 14.9. The predicted octanol–water partition coefficient (Wildman–Crippen LogP) is 4.54. The van der Waals surface area contributed by atoms with Gasteiger partial charge in [-0.1, -0.05) is 60.7 Å². The largest absolute Gasteiger partial charge is 0.484 e. The molecule has 0 aliphatic rings. The zero-order valence-corrected chi connectivity index (χ0v) is 24.3. The van der Waals surface area contributed by atoms with Crippen LogP contribution in [-0.4, -0.2) is 52.0 Å². The van der Waals surface area contributed by atoms with E-state index in [0.29, 0.717) is 12.2 Å². The van der Waals surface area contributed by atoms with Crippen LogP contribution in [0.5, 0.6) is 5.75 Å². The molecular formula is C32H32FN3O6S. The molecular weight excluding hydrogens is 573 g/mol. The minimum atomic E-state index is -3.94. The standard InChI is InChI=1S/C32H32FN3O6S/c1-41-21-20-34-32(38)31(25-10-6-3-7-11-25)36(22-24-8-4-2-5-9-24)30(37)23-42-28-16-18-29(19-17-28)43(39,40)35-27-14-12-26(33)13-15-27/h2-19,31,35H,20-23H2,1H3,(H,34,38)/t31-/m1/s1. The molecule has 4 rings (SSSR count). The fraction of sp³-hybridized carbons (Fsp3) is 0.188. The van der Waals surface area contributed by atoms with E-state index in [0.717, 1.165) is 17.7 Å². The first-order valence-corrected chi connectivity index (χ1v) is 14.9. The van der Waals surface area contributed by atoms with Crippen LogP contribution in [0.25, 0.3) is 0 Å². The van der Waals surface area contributed by atoms with Crippen molar-refractivity contribution < 1.29 is 31.9 Å². The van der Waals surface area contributed by atoms with Crippen LogP contribution in [0.3, 0.4) is 0 Å². The molecule has 0 bridgehead atoms. The molecule has 0 radical (unpaired) electrons. The third kappa shape index (κ3) is 8.87. The van der Waals surface area contributed by atoms with Gasteiger partial charge in [-0.25, -0.2) is 12.8 Å². The zero-order valence-electron chi connectivity index (χ0n) is 23.5. The molecule has 0 aromatic heterocycles. The number of amides is 2. The van der Waals surface area contributed by atoms with E-state index >= 15 is 0 Å². The fourth-order valence-corrected chi connectivity index (χ4v) is 5.32. The number of anilines is 1. The molecule has 0 fully saturated rings. The second-order valence-electron chi connectivity index (χ2n) is 9.48. The normalized spacial score (nSPS) is 11.8. The summed E-state index contributed by atoms with van der Waals surface area (Å²) in [7, 11) is -2.40. The van der Waals surface area contributed by atoms with Crippen molar-refractivity contribution in [3.63, 3.8) is 0 Å².